The van der Waals surface area contributed by atoms with Gasteiger partial charge in [-0.05, 0) is 31.0 Å². The van der Waals surface area contributed by atoms with Crippen LogP contribution in [0.15, 0.2) is 22.7 Å². The third-order valence-corrected chi connectivity index (χ3v) is 5.24. The van der Waals surface area contributed by atoms with Gasteiger partial charge in [-0.25, -0.2) is 17.5 Å². The zero-order valence-electron chi connectivity index (χ0n) is 10.7. The first-order valence-electron chi connectivity index (χ1n) is 6.22. The third kappa shape index (κ3) is 3.22. The molecule has 112 valence electrons. The summed E-state index contributed by atoms with van der Waals surface area (Å²) in [5, 5.41) is 3.55. The number of nitrogens with zero attached hydrogens (tertiary/aromatic N) is 2. The van der Waals surface area contributed by atoms with E-state index in [9.17, 15) is 12.8 Å². The molecule has 2 aromatic rings. The lowest BCUT2D eigenvalue weighted by Gasteiger charge is -2.01. The molecule has 0 saturated heterocycles. The molecule has 9 heteroatoms. The van der Waals surface area contributed by atoms with Crippen LogP contribution >= 0.6 is 11.6 Å². The molecular weight excluding hydrogens is 321 g/mol. The third-order valence-electron chi connectivity index (χ3n) is 3.03. The van der Waals surface area contributed by atoms with Gasteiger partial charge in [0.05, 0.1) is 16.8 Å². The van der Waals surface area contributed by atoms with E-state index in [1.807, 2.05) is 0 Å². The molecule has 1 aromatic heterocycles. The van der Waals surface area contributed by atoms with Crippen LogP contribution in [0.25, 0.3) is 11.4 Å². The van der Waals surface area contributed by atoms with Gasteiger partial charge in [-0.3, -0.25) is 0 Å². The van der Waals surface area contributed by atoms with E-state index in [1.54, 1.807) is 0 Å². The van der Waals surface area contributed by atoms with Gasteiger partial charge in [0.15, 0.2) is 0 Å². The van der Waals surface area contributed by atoms with Gasteiger partial charge in [0.1, 0.15) is 5.82 Å². The zero-order chi connectivity index (χ0) is 15.0. The fourth-order valence-electron chi connectivity index (χ4n) is 1.77. The number of hydrogen-bond acceptors (Lipinski definition) is 5. The second kappa shape index (κ2) is 5.36. The Morgan fingerprint density at radius 1 is 1.43 bits per heavy atom. The maximum Gasteiger partial charge on any atom is 0.242 e. The highest BCUT2D eigenvalue weighted by Crippen LogP contribution is 2.28. The van der Waals surface area contributed by atoms with Crippen LogP contribution in [-0.4, -0.2) is 23.8 Å². The van der Waals surface area contributed by atoms with Crippen LogP contribution in [0.5, 0.6) is 0 Å². The molecule has 0 spiro atoms. The van der Waals surface area contributed by atoms with Crippen molar-refractivity contribution in [3.8, 4) is 11.4 Å². The summed E-state index contributed by atoms with van der Waals surface area (Å²) in [7, 11) is -3.31. The summed E-state index contributed by atoms with van der Waals surface area (Å²) in [6, 6.07) is 3.80. The second-order valence-electron chi connectivity index (χ2n) is 4.70. The average Bonchev–Trinajstić information content (AvgIpc) is 3.18. The predicted molar refractivity (Wildman–Crippen MR) is 73.5 cm³/mol. The summed E-state index contributed by atoms with van der Waals surface area (Å²) in [6.07, 6.45) is 1.35. The molecule has 21 heavy (non-hydrogen) atoms. The van der Waals surface area contributed by atoms with E-state index in [4.69, 9.17) is 16.1 Å². The van der Waals surface area contributed by atoms with Gasteiger partial charge < -0.3 is 4.52 Å². The van der Waals surface area contributed by atoms with Crippen molar-refractivity contribution in [1.82, 2.24) is 14.9 Å². The van der Waals surface area contributed by atoms with Gasteiger partial charge in [-0.15, -0.1) is 0 Å². The Morgan fingerprint density at radius 3 is 2.86 bits per heavy atom. The van der Waals surface area contributed by atoms with Gasteiger partial charge in [0.25, 0.3) is 0 Å². The van der Waals surface area contributed by atoms with Gasteiger partial charge >= 0.3 is 0 Å². The van der Waals surface area contributed by atoms with Crippen molar-refractivity contribution in [2.24, 2.45) is 0 Å². The summed E-state index contributed by atoms with van der Waals surface area (Å²) < 4.78 is 43.7. The summed E-state index contributed by atoms with van der Waals surface area (Å²) in [5.74, 6) is -0.167. The Kier molecular flexibility index (Phi) is 3.68. The van der Waals surface area contributed by atoms with Crippen LogP contribution in [-0.2, 0) is 16.6 Å². The molecule has 0 aliphatic heterocycles. The van der Waals surface area contributed by atoms with Gasteiger partial charge in [-0.1, -0.05) is 16.8 Å². The monoisotopic (exact) mass is 331 g/mol. The molecule has 1 aromatic carbocycles. The van der Waals surface area contributed by atoms with E-state index in [2.05, 4.69) is 14.9 Å². The SMILES string of the molecule is O=S(=O)(NCc1nc(-c2ccc(F)cc2Cl)no1)C1CC1. The molecule has 0 bridgehead atoms. The Morgan fingerprint density at radius 2 is 2.19 bits per heavy atom. The molecule has 1 heterocycles. The first kappa shape index (κ1) is 14.4. The van der Waals surface area contributed by atoms with E-state index in [-0.39, 0.29) is 28.5 Å². The molecule has 0 unspecified atom stereocenters. The number of hydrogen-bond donors (Lipinski definition) is 1. The van der Waals surface area contributed by atoms with Crippen molar-refractivity contribution in [1.29, 1.82) is 0 Å². The minimum atomic E-state index is -3.31. The zero-order valence-corrected chi connectivity index (χ0v) is 12.3. The van der Waals surface area contributed by atoms with E-state index in [0.29, 0.717) is 18.4 Å². The summed E-state index contributed by atoms with van der Waals surface area (Å²) in [6.45, 7) is -0.0787. The smallest absolute Gasteiger partial charge is 0.242 e. The normalized spacial score (nSPS) is 15.3. The molecule has 6 nitrogen and oxygen atoms in total. The first-order valence-corrected chi connectivity index (χ1v) is 8.14. The molecule has 3 rings (SSSR count). The predicted octanol–water partition coefficient (Wildman–Crippen LogP) is 2.11. The van der Waals surface area contributed by atoms with Crippen molar-refractivity contribution >= 4 is 21.6 Å². The van der Waals surface area contributed by atoms with Gasteiger partial charge in [-0.2, -0.15) is 4.98 Å². The highest BCUT2D eigenvalue weighted by atomic mass is 35.5. The largest absolute Gasteiger partial charge is 0.338 e. The highest BCUT2D eigenvalue weighted by molar-refractivity contribution is 7.90. The van der Waals surface area contributed by atoms with Crippen molar-refractivity contribution < 1.29 is 17.3 Å². The standard InChI is InChI=1S/C12H11ClFN3O3S/c13-10-5-7(14)1-4-9(10)12-16-11(20-17-12)6-15-21(18,19)8-2-3-8/h1,4-5,8,15H,2-3,6H2. The average molecular weight is 332 g/mol. The summed E-state index contributed by atoms with van der Waals surface area (Å²) in [5.41, 5.74) is 0.415. The van der Waals surface area contributed by atoms with E-state index in [1.165, 1.54) is 12.1 Å². The Hall–Kier alpha value is -1.51. The molecular formula is C12H11ClFN3O3S. The van der Waals surface area contributed by atoms with Gasteiger partial charge in [0, 0.05) is 5.56 Å². The molecule has 1 fully saturated rings. The molecule has 0 atom stereocenters. The van der Waals surface area contributed by atoms with Crippen molar-refractivity contribution in [3.63, 3.8) is 0 Å². The topological polar surface area (TPSA) is 85.1 Å². The number of benzene rings is 1. The van der Waals surface area contributed by atoms with Crippen LogP contribution in [0.1, 0.15) is 18.7 Å². The fraction of sp³-hybridized carbons (Fsp3) is 0.333. The maximum atomic E-state index is 13.0. The van der Waals surface area contributed by atoms with Crippen LogP contribution < -0.4 is 4.72 Å². The number of sulfonamides is 1. The molecule has 1 saturated carbocycles. The van der Waals surface area contributed by atoms with Crippen molar-refractivity contribution in [2.45, 2.75) is 24.6 Å². The lowest BCUT2D eigenvalue weighted by molar-refractivity contribution is 0.376. The molecule has 1 aliphatic carbocycles. The summed E-state index contributed by atoms with van der Waals surface area (Å²) in [4.78, 5) is 4.04. The van der Waals surface area contributed by atoms with Crippen molar-refractivity contribution in [2.75, 3.05) is 0 Å². The molecule has 1 aliphatic rings. The Bertz CT molecular complexity index is 774. The van der Waals surface area contributed by atoms with Crippen LogP contribution in [0, 0.1) is 5.82 Å². The second-order valence-corrected chi connectivity index (χ2v) is 7.15. The van der Waals surface area contributed by atoms with E-state index in [0.717, 1.165) is 6.07 Å². The number of rotatable bonds is 5. The molecule has 0 radical (unpaired) electrons. The highest BCUT2D eigenvalue weighted by Gasteiger charge is 2.35. The fourth-order valence-corrected chi connectivity index (χ4v) is 3.33. The number of aromatic nitrogens is 2. The molecule has 0 amide bonds. The Labute approximate surface area is 125 Å². The first-order chi connectivity index (χ1) is 9.95. The quantitative estimate of drug-likeness (QED) is 0.907. The lowest BCUT2D eigenvalue weighted by Crippen LogP contribution is -2.26. The number of nitrogens with one attached hydrogen (secondary N) is 1. The van der Waals surface area contributed by atoms with Crippen LogP contribution in [0.2, 0.25) is 5.02 Å². The van der Waals surface area contributed by atoms with Gasteiger partial charge in [0.2, 0.25) is 21.7 Å². The minimum Gasteiger partial charge on any atom is -0.338 e. The lowest BCUT2D eigenvalue weighted by atomic mass is 10.2. The van der Waals surface area contributed by atoms with Crippen molar-refractivity contribution in [3.05, 3.63) is 34.9 Å². The summed E-state index contributed by atoms with van der Waals surface area (Å²) >= 11 is 5.90. The van der Waals surface area contributed by atoms with Crippen LogP contribution in [0.4, 0.5) is 4.39 Å². The number of halogens is 2. The van der Waals surface area contributed by atoms with E-state index >= 15 is 0 Å². The Balaban J connectivity index is 1.74. The van der Waals surface area contributed by atoms with E-state index < -0.39 is 15.8 Å². The minimum absolute atomic E-state index is 0.0787. The van der Waals surface area contributed by atoms with Crippen LogP contribution in [0.3, 0.4) is 0 Å². The molecule has 1 N–H and O–H groups in total. The maximum absolute atomic E-state index is 13.0.